The van der Waals surface area contributed by atoms with Gasteiger partial charge < -0.3 is 33.8 Å². The summed E-state index contributed by atoms with van der Waals surface area (Å²) in [4.78, 5) is 73.2. The fraction of sp³-hybridized carbons (Fsp3) is 0.953. The SMILES string of the molecule is CCCCCCCCCCCCCCCCCCCCCCCCC(=O)O[C@H](COC(=O)CCCCCCCCCCCCCCCC(C)C)COP(=O)(O)OC[C@@H](O)COP(=O)(O)OC[C@@H](COC(=O)CCCCCCCCCCCCCC)OC(=O)CCCCCCCCCCCCC(C)CC. The van der Waals surface area contributed by atoms with Crippen LogP contribution in [-0.2, 0) is 65.4 Å². The van der Waals surface area contributed by atoms with Crippen molar-refractivity contribution >= 4 is 39.5 Å². The molecule has 0 aromatic rings. The molecule has 0 aliphatic rings. The van der Waals surface area contributed by atoms with Crippen LogP contribution in [0.25, 0.3) is 0 Å². The Morgan fingerprint density at radius 2 is 0.490 bits per heavy atom. The van der Waals surface area contributed by atoms with Crippen LogP contribution in [0.3, 0.4) is 0 Å². The molecule has 0 aliphatic carbocycles. The van der Waals surface area contributed by atoms with Gasteiger partial charge in [-0.15, -0.1) is 0 Å². The molecule has 0 aromatic heterocycles. The third-order valence-corrected chi connectivity index (χ3v) is 22.2. The average Bonchev–Trinajstić information content (AvgIpc) is 0.905. The van der Waals surface area contributed by atoms with Gasteiger partial charge in [0.15, 0.2) is 12.2 Å². The number of carbonyl (C=O) groups is 4. The normalized spacial score (nSPS) is 14.1. The number of phosphoric acid groups is 2. The molecule has 0 fully saturated rings. The Morgan fingerprint density at radius 3 is 0.731 bits per heavy atom. The maximum Gasteiger partial charge on any atom is 0.472 e. The number of rotatable bonds is 84. The van der Waals surface area contributed by atoms with E-state index in [1.807, 2.05) is 0 Å². The van der Waals surface area contributed by atoms with Crippen LogP contribution in [0.4, 0.5) is 0 Å². The summed E-state index contributed by atoms with van der Waals surface area (Å²) in [5.74, 6) is -0.509. The van der Waals surface area contributed by atoms with Gasteiger partial charge in [0.05, 0.1) is 26.4 Å². The van der Waals surface area contributed by atoms with E-state index < -0.39 is 97.5 Å². The van der Waals surface area contributed by atoms with Crippen molar-refractivity contribution in [3.05, 3.63) is 0 Å². The summed E-state index contributed by atoms with van der Waals surface area (Å²) in [5, 5.41) is 10.7. The lowest BCUT2D eigenvalue weighted by molar-refractivity contribution is -0.161. The quantitative estimate of drug-likeness (QED) is 0.0222. The first-order valence-electron chi connectivity index (χ1n) is 44.0. The van der Waals surface area contributed by atoms with Gasteiger partial charge >= 0.3 is 39.5 Å². The average molecular weight is 1520 g/mol. The second-order valence-corrected chi connectivity index (χ2v) is 34.2. The van der Waals surface area contributed by atoms with Crippen molar-refractivity contribution in [1.29, 1.82) is 0 Å². The number of esters is 4. The molecule has 0 bridgehead atoms. The minimum atomic E-state index is -4.97. The molecule has 0 heterocycles. The van der Waals surface area contributed by atoms with Crippen LogP contribution in [0.1, 0.15) is 452 Å². The molecular formula is C85H166O17P2. The second-order valence-electron chi connectivity index (χ2n) is 31.3. The van der Waals surface area contributed by atoms with Gasteiger partial charge in [0.1, 0.15) is 19.3 Å². The molecular weight excluding hydrogens is 1350 g/mol. The third kappa shape index (κ3) is 76.8. The van der Waals surface area contributed by atoms with E-state index >= 15 is 0 Å². The summed E-state index contributed by atoms with van der Waals surface area (Å²) in [6.07, 6.45) is 67.9. The monoisotopic (exact) mass is 1520 g/mol. The summed E-state index contributed by atoms with van der Waals surface area (Å²) >= 11 is 0. The summed E-state index contributed by atoms with van der Waals surface area (Å²) in [6.45, 7) is 9.70. The van der Waals surface area contributed by atoms with Crippen molar-refractivity contribution in [1.82, 2.24) is 0 Å². The number of phosphoric ester groups is 2. The predicted molar refractivity (Wildman–Crippen MR) is 428 cm³/mol. The molecule has 0 spiro atoms. The van der Waals surface area contributed by atoms with Crippen LogP contribution in [0.2, 0.25) is 0 Å². The van der Waals surface area contributed by atoms with Crippen molar-refractivity contribution in [3.8, 4) is 0 Å². The molecule has 3 N–H and O–H groups in total. The molecule has 104 heavy (non-hydrogen) atoms. The molecule has 3 unspecified atom stereocenters. The summed E-state index contributed by atoms with van der Waals surface area (Å²) in [5.41, 5.74) is 0. The van der Waals surface area contributed by atoms with Crippen molar-refractivity contribution in [2.45, 2.75) is 471 Å². The van der Waals surface area contributed by atoms with E-state index in [4.69, 9.17) is 37.0 Å². The number of hydrogen-bond donors (Lipinski definition) is 3. The van der Waals surface area contributed by atoms with Gasteiger partial charge in [-0.3, -0.25) is 37.3 Å². The Balaban J connectivity index is 5.24. The summed E-state index contributed by atoms with van der Waals surface area (Å²) < 4.78 is 68.9. The first-order valence-corrected chi connectivity index (χ1v) is 47.0. The van der Waals surface area contributed by atoms with Crippen molar-refractivity contribution in [3.63, 3.8) is 0 Å². The molecule has 618 valence electrons. The van der Waals surface area contributed by atoms with Crippen molar-refractivity contribution in [2.75, 3.05) is 39.6 Å². The number of unbranched alkanes of at least 4 members (excludes halogenated alkanes) is 53. The van der Waals surface area contributed by atoms with Gasteiger partial charge in [-0.1, -0.05) is 401 Å². The molecule has 0 radical (unpaired) electrons. The number of aliphatic hydroxyl groups is 1. The highest BCUT2D eigenvalue weighted by Gasteiger charge is 2.30. The van der Waals surface area contributed by atoms with E-state index in [1.54, 1.807) is 0 Å². The minimum Gasteiger partial charge on any atom is -0.462 e. The van der Waals surface area contributed by atoms with Gasteiger partial charge in [-0.05, 0) is 37.5 Å². The van der Waals surface area contributed by atoms with E-state index in [9.17, 15) is 43.2 Å². The van der Waals surface area contributed by atoms with Crippen molar-refractivity contribution < 1.29 is 80.2 Å². The molecule has 0 rings (SSSR count). The van der Waals surface area contributed by atoms with Crippen LogP contribution in [0.5, 0.6) is 0 Å². The Kier molecular flexibility index (Phi) is 75.0. The van der Waals surface area contributed by atoms with Crippen LogP contribution in [0, 0.1) is 11.8 Å². The van der Waals surface area contributed by atoms with E-state index in [0.717, 1.165) is 102 Å². The zero-order valence-corrected chi connectivity index (χ0v) is 70.1. The molecule has 0 amide bonds. The van der Waals surface area contributed by atoms with Crippen LogP contribution >= 0.6 is 15.6 Å². The lowest BCUT2D eigenvalue weighted by Gasteiger charge is -2.21. The Bertz CT molecular complexity index is 2000. The Hall–Kier alpha value is -1.94. The van der Waals surface area contributed by atoms with Crippen LogP contribution in [0.15, 0.2) is 0 Å². The highest BCUT2D eigenvalue weighted by Crippen LogP contribution is 2.45. The maximum absolute atomic E-state index is 13.1. The summed E-state index contributed by atoms with van der Waals surface area (Å²) in [7, 11) is -9.93. The smallest absolute Gasteiger partial charge is 0.462 e. The second kappa shape index (κ2) is 76.4. The highest BCUT2D eigenvalue weighted by molar-refractivity contribution is 7.47. The Morgan fingerprint density at radius 1 is 0.279 bits per heavy atom. The molecule has 0 saturated carbocycles. The van der Waals surface area contributed by atoms with Gasteiger partial charge in [-0.2, -0.15) is 0 Å². The zero-order valence-electron chi connectivity index (χ0n) is 68.3. The van der Waals surface area contributed by atoms with E-state index in [1.165, 1.54) is 270 Å². The van der Waals surface area contributed by atoms with E-state index in [0.29, 0.717) is 25.7 Å². The molecule has 0 saturated heterocycles. The summed E-state index contributed by atoms with van der Waals surface area (Å²) in [6, 6.07) is 0. The van der Waals surface area contributed by atoms with Gasteiger partial charge in [0, 0.05) is 25.7 Å². The lowest BCUT2D eigenvalue weighted by Crippen LogP contribution is -2.30. The number of carbonyl (C=O) groups excluding carboxylic acids is 4. The van der Waals surface area contributed by atoms with Crippen molar-refractivity contribution in [2.24, 2.45) is 11.8 Å². The zero-order chi connectivity index (χ0) is 76.4. The Labute approximate surface area is 638 Å². The fourth-order valence-electron chi connectivity index (χ4n) is 13.2. The molecule has 0 aliphatic heterocycles. The van der Waals surface area contributed by atoms with Crippen LogP contribution in [-0.4, -0.2) is 96.7 Å². The third-order valence-electron chi connectivity index (χ3n) is 20.3. The van der Waals surface area contributed by atoms with E-state index in [2.05, 4.69) is 41.5 Å². The molecule has 6 atom stereocenters. The molecule has 0 aromatic carbocycles. The topological polar surface area (TPSA) is 237 Å². The number of aliphatic hydroxyl groups excluding tert-OH is 1. The molecule has 17 nitrogen and oxygen atoms in total. The van der Waals surface area contributed by atoms with Gasteiger partial charge in [0.2, 0.25) is 0 Å². The van der Waals surface area contributed by atoms with Gasteiger partial charge in [0.25, 0.3) is 0 Å². The van der Waals surface area contributed by atoms with E-state index in [-0.39, 0.29) is 25.7 Å². The minimum absolute atomic E-state index is 0.107. The maximum atomic E-state index is 13.1. The first kappa shape index (κ1) is 102. The highest BCUT2D eigenvalue weighted by atomic mass is 31.2. The molecule has 19 heteroatoms. The standard InChI is InChI=1S/C85H166O17P2/c1-7-10-12-14-16-18-20-22-23-24-25-26-27-28-29-30-33-38-45-51-57-63-69-84(89)101-80(73-96-83(88)68-62-56-50-44-37-34-31-32-35-41-47-53-59-65-77(4)5)75-99-103(91,92)97-71-79(86)72-98-104(93,94)100-76-81(74-95-82(87)67-61-55-49-43-36-21-19-17-15-13-11-8-2)102-85(90)70-64-58-52-46-40-39-42-48-54-60-66-78(6)9-3/h77-81,86H,7-76H2,1-6H3,(H,91,92)(H,93,94)/t78?,79-,80-,81-/m1/s1. The van der Waals surface area contributed by atoms with Gasteiger partial charge in [-0.25, -0.2) is 9.13 Å². The predicted octanol–water partition coefficient (Wildman–Crippen LogP) is 25.8. The van der Waals surface area contributed by atoms with Crippen LogP contribution < -0.4 is 0 Å². The lowest BCUT2D eigenvalue weighted by atomic mass is 9.99. The fourth-order valence-corrected chi connectivity index (χ4v) is 14.8. The number of hydrogen-bond acceptors (Lipinski definition) is 15. The number of ether oxygens (including phenoxy) is 4. The largest absolute Gasteiger partial charge is 0.472 e. The first-order chi connectivity index (χ1) is 50.4.